The standard InChI is InChI=1S/C25H32O9/c1-15(26)31-11-24(12-32-16(2)27)7-19-5-21(30)6-20-8-25(13-33-17(3)28,14-34-18(4)29)10-23(20)22(19)9-24/h5,20H,6-14H2,1-4H3. The van der Waals surface area contributed by atoms with Crippen molar-refractivity contribution in [3.63, 3.8) is 0 Å². The summed E-state index contributed by atoms with van der Waals surface area (Å²) >= 11 is 0. The fourth-order valence-electron chi connectivity index (χ4n) is 5.36. The highest BCUT2D eigenvalue weighted by Gasteiger charge is 2.50. The molecule has 34 heavy (non-hydrogen) atoms. The van der Waals surface area contributed by atoms with Crippen LogP contribution in [-0.2, 0) is 42.9 Å². The van der Waals surface area contributed by atoms with E-state index in [2.05, 4.69) is 0 Å². The molecule has 3 rings (SSSR count). The normalized spacial score (nSPS) is 22.2. The fraction of sp³-hybridized carbons (Fsp3) is 0.640. The summed E-state index contributed by atoms with van der Waals surface area (Å²) in [6.45, 7) is 5.60. The molecule has 0 spiro atoms. The van der Waals surface area contributed by atoms with Crippen molar-refractivity contribution in [2.45, 2.75) is 59.8 Å². The minimum atomic E-state index is -0.662. The SMILES string of the molecule is CC(=O)OCC1(COC(C)=O)CC2=CC(=O)CC3CC(COC(C)=O)(COC(C)=O)CC3=C2C1. The van der Waals surface area contributed by atoms with Crippen molar-refractivity contribution in [3.05, 3.63) is 22.8 Å². The molecule has 3 aliphatic carbocycles. The van der Waals surface area contributed by atoms with E-state index in [9.17, 15) is 24.0 Å². The number of allylic oxidation sites excluding steroid dienone is 4. The predicted octanol–water partition coefficient (Wildman–Crippen LogP) is 2.61. The van der Waals surface area contributed by atoms with E-state index in [1.807, 2.05) is 0 Å². The summed E-state index contributed by atoms with van der Waals surface area (Å²) in [4.78, 5) is 58.9. The van der Waals surface area contributed by atoms with E-state index in [4.69, 9.17) is 18.9 Å². The van der Waals surface area contributed by atoms with Crippen molar-refractivity contribution >= 4 is 29.7 Å². The Hall–Kier alpha value is -2.97. The summed E-state index contributed by atoms with van der Waals surface area (Å²) in [6, 6.07) is 0. The molecule has 1 unspecified atom stereocenters. The Balaban J connectivity index is 1.97. The first-order chi connectivity index (χ1) is 15.9. The molecule has 0 aromatic rings. The number of esters is 4. The highest BCUT2D eigenvalue weighted by atomic mass is 16.6. The molecule has 9 heteroatoms. The summed E-state index contributed by atoms with van der Waals surface area (Å²) in [5, 5.41) is 0. The van der Waals surface area contributed by atoms with E-state index in [1.165, 1.54) is 27.7 Å². The maximum atomic E-state index is 12.8. The molecule has 1 atom stereocenters. The van der Waals surface area contributed by atoms with Crippen LogP contribution in [0.5, 0.6) is 0 Å². The predicted molar refractivity (Wildman–Crippen MR) is 118 cm³/mol. The van der Waals surface area contributed by atoms with Gasteiger partial charge in [0.2, 0.25) is 0 Å². The molecule has 2 fully saturated rings. The average Bonchev–Trinajstić information content (AvgIpc) is 3.24. The number of hydrogen-bond donors (Lipinski definition) is 0. The molecular formula is C25H32O9. The van der Waals surface area contributed by atoms with Crippen LogP contribution in [0.15, 0.2) is 22.8 Å². The van der Waals surface area contributed by atoms with Gasteiger partial charge in [-0.3, -0.25) is 24.0 Å². The van der Waals surface area contributed by atoms with Gasteiger partial charge in [-0.15, -0.1) is 0 Å². The monoisotopic (exact) mass is 476 g/mol. The van der Waals surface area contributed by atoms with E-state index in [0.29, 0.717) is 32.1 Å². The molecule has 3 aliphatic rings. The lowest BCUT2D eigenvalue weighted by molar-refractivity contribution is -0.152. The number of hydrogen-bond acceptors (Lipinski definition) is 9. The number of fused-ring (bicyclic) bond motifs is 2. The molecular weight excluding hydrogens is 444 g/mol. The fourth-order valence-corrected chi connectivity index (χ4v) is 5.36. The largest absolute Gasteiger partial charge is 0.465 e. The Kier molecular flexibility index (Phi) is 7.63. The Morgan fingerprint density at radius 2 is 1.24 bits per heavy atom. The van der Waals surface area contributed by atoms with Crippen LogP contribution in [0.1, 0.15) is 59.8 Å². The Bertz CT molecular complexity index is 919. The first-order valence-corrected chi connectivity index (χ1v) is 11.4. The lowest BCUT2D eigenvalue weighted by Gasteiger charge is -2.28. The Morgan fingerprint density at radius 3 is 1.71 bits per heavy atom. The van der Waals surface area contributed by atoms with Crippen LogP contribution in [0.4, 0.5) is 0 Å². The van der Waals surface area contributed by atoms with Gasteiger partial charge in [-0.2, -0.15) is 0 Å². The zero-order valence-corrected chi connectivity index (χ0v) is 20.2. The molecule has 0 aromatic heterocycles. The third-order valence-electron chi connectivity index (χ3n) is 6.74. The van der Waals surface area contributed by atoms with Gasteiger partial charge in [-0.25, -0.2) is 0 Å². The average molecular weight is 477 g/mol. The van der Waals surface area contributed by atoms with Gasteiger partial charge in [0, 0.05) is 44.9 Å². The van der Waals surface area contributed by atoms with Crippen LogP contribution in [-0.4, -0.2) is 56.1 Å². The molecule has 0 amide bonds. The highest BCUT2D eigenvalue weighted by Crippen LogP contribution is 2.56. The molecule has 9 nitrogen and oxygen atoms in total. The first kappa shape index (κ1) is 25.6. The van der Waals surface area contributed by atoms with Crippen LogP contribution in [0, 0.1) is 16.7 Å². The topological polar surface area (TPSA) is 122 Å². The molecule has 0 aliphatic heterocycles. The molecule has 0 radical (unpaired) electrons. The van der Waals surface area contributed by atoms with Crippen LogP contribution in [0.3, 0.4) is 0 Å². The Morgan fingerprint density at radius 1 is 0.765 bits per heavy atom. The molecule has 0 heterocycles. The summed E-state index contributed by atoms with van der Waals surface area (Å²) < 4.78 is 21.3. The highest BCUT2D eigenvalue weighted by molar-refractivity contribution is 5.92. The number of rotatable bonds is 8. The van der Waals surface area contributed by atoms with Gasteiger partial charge in [0.25, 0.3) is 0 Å². The molecule has 0 aromatic carbocycles. The zero-order valence-electron chi connectivity index (χ0n) is 20.2. The summed E-state index contributed by atoms with van der Waals surface area (Å²) in [7, 11) is 0. The second-order valence-corrected chi connectivity index (χ2v) is 9.90. The number of ketones is 1. The van der Waals surface area contributed by atoms with Crippen molar-refractivity contribution in [2.24, 2.45) is 16.7 Å². The van der Waals surface area contributed by atoms with Crippen LogP contribution in [0.2, 0.25) is 0 Å². The number of carbonyl (C=O) groups excluding carboxylic acids is 5. The van der Waals surface area contributed by atoms with E-state index in [-0.39, 0.29) is 38.1 Å². The van der Waals surface area contributed by atoms with Crippen LogP contribution in [0.25, 0.3) is 0 Å². The van der Waals surface area contributed by atoms with Crippen molar-refractivity contribution in [1.82, 2.24) is 0 Å². The van der Waals surface area contributed by atoms with E-state index >= 15 is 0 Å². The maximum Gasteiger partial charge on any atom is 0.302 e. The minimum Gasteiger partial charge on any atom is -0.465 e. The Labute approximate surface area is 198 Å². The van der Waals surface area contributed by atoms with Crippen LogP contribution >= 0.6 is 0 Å². The maximum absolute atomic E-state index is 12.8. The smallest absolute Gasteiger partial charge is 0.302 e. The third-order valence-corrected chi connectivity index (χ3v) is 6.74. The summed E-state index contributed by atoms with van der Waals surface area (Å²) in [6.07, 6.45) is 3.95. The van der Waals surface area contributed by atoms with Crippen molar-refractivity contribution < 1.29 is 42.9 Å². The lowest BCUT2D eigenvalue weighted by Crippen LogP contribution is -2.32. The second kappa shape index (κ2) is 10.1. The van der Waals surface area contributed by atoms with Crippen molar-refractivity contribution in [1.29, 1.82) is 0 Å². The molecule has 186 valence electrons. The number of carbonyl (C=O) groups is 5. The summed E-state index contributed by atoms with van der Waals surface area (Å²) in [5.41, 5.74) is 1.65. The molecule has 0 bridgehead atoms. The van der Waals surface area contributed by atoms with Crippen LogP contribution < -0.4 is 0 Å². The first-order valence-electron chi connectivity index (χ1n) is 11.4. The molecule has 0 N–H and O–H groups in total. The summed E-state index contributed by atoms with van der Waals surface area (Å²) in [5.74, 6) is -1.81. The molecule has 2 saturated carbocycles. The number of ether oxygens (including phenoxy) is 4. The quantitative estimate of drug-likeness (QED) is 0.384. The third kappa shape index (κ3) is 6.12. The van der Waals surface area contributed by atoms with Gasteiger partial charge >= 0.3 is 23.9 Å². The van der Waals surface area contributed by atoms with Gasteiger partial charge < -0.3 is 18.9 Å². The van der Waals surface area contributed by atoms with Gasteiger partial charge in [-0.05, 0) is 48.8 Å². The van der Waals surface area contributed by atoms with Gasteiger partial charge in [0.05, 0.1) is 0 Å². The van der Waals surface area contributed by atoms with E-state index in [0.717, 1.165) is 16.7 Å². The lowest BCUT2D eigenvalue weighted by atomic mass is 9.85. The minimum absolute atomic E-state index is 0.0148. The van der Waals surface area contributed by atoms with Gasteiger partial charge in [0.1, 0.15) is 26.4 Å². The van der Waals surface area contributed by atoms with Crippen molar-refractivity contribution in [3.8, 4) is 0 Å². The van der Waals surface area contributed by atoms with Crippen molar-refractivity contribution in [2.75, 3.05) is 26.4 Å². The second-order valence-electron chi connectivity index (χ2n) is 9.90. The van der Waals surface area contributed by atoms with E-state index in [1.54, 1.807) is 6.08 Å². The molecule has 0 saturated heterocycles. The van der Waals surface area contributed by atoms with Gasteiger partial charge in [-0.1, -0.05) is 5.57 Å². The zero-order chi connectivity index (χ0) is 25.1. The van der Waals surface area contributed by atoms with Gasteiger partial charge in [0.15, 0.2) is 5.78 Å². The van der Waals surface area contributed by atoms with E-state index < -0.39 is 34.7 Å².